The van der Waals surface area contributed by atoms with Crippen LogP contribution in [-0.4, -0.2) is 25.6 Å². The number of rotatable bonds is 2. The molecular formula is C18H13N5S. The number of aromatic nitrogens is 4. The number of aromatic amines is 1. The van der Waals surface area contributed by atoms with Crippen LogP contribution in [0.15, 0.2) is 77.4 Å². The molecule has 0 radical (unpaired) electrons. The molecule has 0 spiro atoms. The lowest BCUT2D eigenvalue weighted by Gasteiger charge is -2.22. The molecule has 3 heterocycles. The summed E-state index contributed by atoms with van der Waals surface area (Å²) in [5, 5.41) is 15.1. The highest BCUT2D eigenvalue weighted by molar-refractivity contribution is 8.00. The first-order valence-corrected chi connectivity index (χ1v) is 8.55. The number of nitrogens with one attached hydrogen (secondary N) is 1. The van der Waals surface area contributed by atoms with Crippen LogP contribution in [0.1, 0.15) is 16.4 Å². The standard InChI is InChI=1S/C18H13N5S/c1-2-6-12(7-3-1)17-16(22-23-11-20-21-18(23)24-17)14-10-19-15-9-5-4-8-13(14)15/h1-11,17,19H/t17-/m1/s1. The molecule has 4 aromatic rings. The van der Waals surface area contributed by atoms with E-state index in [1.54, 1.807) is 22.8 Å². The Hall–Kier alpha value is -2.86. The summed E-state index contributed by atoms with van der Waals surface area (Å²) in [6.45, 7) is 0. The minimum atomic E-state index is 0.0853. The number of hydrogen-bond acceptors (Lipinski definition) is 4. The van der Waals surface area contributed by atoms with Crippen molar-refractivity contribution in [2.75, 3.05) is 0 Å². The Kier molecular flexibility index (Phi) is 3.02. The third-order valence-electron chi connectivity index (χ3n) is 4.15. The van der Waals surface area contributed by atoms with Gasteiger partial charge in [-0.1, -0.05) is 60.3 Å². The van der Waals surface area contributed by atoms with Gasteiger partial charge in [0.25, 0.3) is 0 Å². The van der Waals surface area contributed by atoms with Crippen molar-refractivity contribution in [3.05, 3.63) is 78.2 Å². The first-order valence-electron chi connectivity index (χ1n) is 7.67. The van der Waals surface area contributed by atoms with Gasteiger partial charge in [0.15, 0.2) is 0 Å². The number of benzene rings is 2. The smallest absolute Gasteiger partial charge is 0.212 e. The molecule has 0 aliphatic carbocycles. The maximum Gasteiger partial charge on any atom is 0.212 e. The van der Waals surface area contributed by atoms with Crippen LogP contribution in [0.2, 0.25) is 0 Å². The van der Waals surface area contributed by atoms with Crippen molar-refractivity contribution in [2.45, 2.75) is 10.4 Å². The molecule has 0 saturated heterocycles. The second kappa shape index (κ2) is 5.35. The van der Waals surface area contributed by atoms with E-state index in [1.165, 1.54) is 10.9 Å². The normalized spacial score (nSPS) is 16.8. The van der Waals surface area contributed by atoms with Crippen LogP contribution < -0.4 is 0 Å². The largest absolute Gasteiger partial charge is 0.360 e. The fourth-order valence-corrected chi connectivity index (χ4v) is 4.11. The Balaban J connectivity index is 1.73. The summed E-state index contributed by atoms with van der Waals surface area (Å²) in [5.74, 6) is 0. The molecule has 1 aliphatic rings. The van der Waals surface area contributed by atoms with E-state index in [2.05, 4.69) is 57.6 Å². The maximum absolute atomic E-state index is 4.82. The summed E-state index contributed by atoms with van der Waals surface area (Å²) in [5.41, 5.74) is 4.45. The van der Waals surface area contributed by atoms with Gasteiger partial charge in [-0.05, 0) is 11.6 Å². The van der Waals surface area contributed by atoms with Gasteiger partial charge >= 0.3 is 0 Å². The predicted molar refractivity (Wildman–Crippen MR) is 95.3 cm³/mol. The number of H-pyrrole nitrogens is 1. The van der Waals surface area contributed by atoms with Gasteiger partial charge in [-0.25, -0.2) is 0 Å². The molecule has 5 nitrogen and oxygen atoms in total. The quantitative estimate of drug-likeness (QED) is 0.607. The molecule has 0 amide bonds. The fourth-order valence-electron chi connectivity index (χ4n) is 3.03. The highest BCUT2D eigenvalue weighted by atomic mass is 32.2. The van der Waals surface area contributed by atoms with Gasteiger partial charge in [0.2, 0.25) is 5.16 Å². The number of nitrogens with zero attached hydrogens (tertiary/aromatic N) is 4. The summed E-state index contributed by atoms with van der Waals surface area (Å²) in [4.78, 5) is 3.34. The topological polar surface area (TPSA) is 58.9 Å². The molecule has 1 atom stereocenters. The van der Waals surface area contributed by atoms with Crippen molar-refractivity contribution in [3.8, 4) is 0 Å². The number of para-hydroxylation sites is 1. The highest BCUT2D eigenvalue weighted by Crippen LogP contribution is 2.41. The minimum Gasteiger partial charge on any atom is -0.360 e. The molecule has 0 fully saturated rings. The van der Waals surface area contributed by atoms with Crippen molar-refractivity contribution in [2.24, 2.45) is 5.10 Å². The minimum absolute atomic E-state index is 0.0853. The summed E-state index contributed by atoms with van der Waals surface area (Å²) >= 11 is 1.68. The number of fused-ring (bicyclic) bond motifs is 2. The molecular weight excluding hydrogens is 318 g/mol. The average molecular weight is 331 g/mol. The van der Waals surface area contributed by atoms with Crippen LogP contribution in [0.4, 0.5) is 0 Å². The van der Waals surface area contributed by atoms with Gasteiger partial charge in [-0.3, -0.25) is 0 Å². The lowest BCUT2D eigenvalue weighted by molar-refractivity contribution is 0.748. The third kappa shape index (κ3) is 2.07. The fraction of sp³-hybridized carbons (Fsp3) is 0.0556. The Labute approximate surface area is 142 Å². The van der Waals surface area contributed by atoms with E-state index < -0.39 is 0 Å². The van der Waals surface area contributed by atoms with E-state index in [9.17, 15) is 0 Å². The molecule has 1 aliphatic heterocycles. The van der Waals surface area contributed by atoms with E-state index in [0.717, 1.165) is 21.9 Å². The Morgan fingerprint density at radius 3 is 2.75 bits per heavy atom. The first kappa shape index (κ1) is 13.6. The van der Waals surface area contributed by atoms with E-state index in [0.29, 0.717) is 0 Å². The van der Waals surface area contributed by atoms with Crippen molar-refractivity contribution >= 4 is 28.4 Å². The van der Waals surface area contributed by atoms with Crippen LogP contribution in [0.3, 0.4) is 0 Å². The van der Waals surface area contributed by atoms with Crippen LogP contribution in [0.5, 0.6) is 0 Å². The molecule has 5 rings (SSSR count). The second-order valence-corrected chi connectivity index (χ2v) is 6.67. The van der Waals surface area contributed by atoms with Gasteiger partial charge in [0, 0.05) is 22.7 Å². The van der Waals surface area contributed by atoms with Crippen LogP contribution in [0.25, 0.3) is 10.9 Å². The van der Waals surface area contributed by atoms with Gasteiger partial charge in [-0.15, -0.1) is 10.2 Å². The molecule has 116 valence electrons. The van der Waals surface area contributed by atoms with Crippen LogP contribution in [-0.2, 0) is 0 Å². The maximum atomic E-state index is 4.82. The molecule has 24 heavy (non-hydrogen) atoms. The Bertz CT molecular complexity index is 1050. The molecule has 6 heteroatoms. The van der Waals surface area contributed by atoms with Gasteiger partial charge in [0.1, 0.15) is 6.33 Å². The zero-order chi connectivity index (χ0) is 15.9. The van der Waals surface area contributed by atoms with Gasteiger partial charge in [-0.2, -0.15) is 9.78 Å². The third-order valence-corrected chi connectivity index (χ3v) is 5.37. The summed E-state index contributed by atoms with van der Waals surface area (Å²) < 4.78 is 1.75. The lowest BCUT2D eigenvalue weighted by atomic mass is 10.0. The van der Waals surface area contributed by atoms with Gasteiger partial charge < -0.3 is 4.98 Å². The summed E-state index contributed by atoms with van der Waals surface area (Å²) in [7, 11) is 0. The van der Waals surface area contributed by atoms with Crippen molar-refractivity contribution in [3.63, 3.8) is 0 Å². The van der Waals surface area contributed by atoms with Crippen molar-refractivity contribution in [1.29, 1.82) is 0 Å². The van der Waals surface area contributed by atoms with Crippen molar-refractivity contribution < 1.29 is 0 Å². The molecule has 2 aromatic carbocycles. The summed E-state index contributed by atoms with van der Waals surface area (Å²) in [6.07, 6.45) is 3.69. The monoisotopic (exact) mass is 331 g/mol. The second-order valence-electron chi connectivity index (χ2n) is 5.60. The van der Waals surface area contributed by atoms with Gasteiger partial charge in [0.05, 0.1) is 11.0 Å². The van der Waals surface area contributed by atoms with Crippen LogP contribution >= 0.6 is 11.8 Å². The lowest BCUT2D eigenvalue weighted by Crippen LogP contribution is -2.17. The zero-order valence-electron chi connectivity index (χ0n) is 12.6. The molecule has 0 bridgehead atoms. The molecule has 0 saturated carbocycles. The van der Waals surface area contributed by atoms with Crippen LogP contribution in [0, 0.1) is 0 Å². The van der Waals surface area contributed by atoms with E-state index >= 15 is 0 Å². The highest BCUT2D eigenvalue weighted by Gasteiger charge is 2.29. The first-order chi connectivity index (χ1) is 11.9. The SMILES string of the molecule is c1ccc([C@H]2Sc3nncn3N=C2c2c[nH]c3ccccc23)cc1. The molecule has 0 unspecified atom stereocenters. The number of thioether (sulfide) groups is 1. The van der Waals surface area contributed by atoms with E-state index in [1.807, 2.05) is 18.3 Å². The molecule has 2 aromatic heterocycles. The Morgan fingerprint density at radius 1 is 1.00 bits per heavy atom. The van der Waals surface area contributed by atoms with E-state index in [4.69, 9.17) is 5.10 Å². The summed E-state index contributed by atoms with van der Waals surface area (Å²) in [6, 6.07) is 18.7. The average Bonchev–Trinajstić information content (AvgIpc) is 3.27. The van der Waals surface area contributed by atoms with E-state index in [-0.39, 0.29) is 5.25 Å². The Morgan fingerprint density at radius 2 is 1.83 bits per heavy atom. The zero-order valence-corrected chi connectivity index (χ0v) is 13.4. The predicted octanol–water partition coefficient (Wildman–Crippen LogP) is 3.86. The molecule has 1 N–H and O–H groups in total. The number of hydrogen-bond donors (Lipinski definition) is 1. The van der Waals surface area contributed by atoms with Crippen molar-refractivity contribution in [1.82, 2.24) is 19.9 Å².